The lowest BCUT2D eigenvalue weighted by molar-refractivity contribution is -0.384. The number of piperidine rings is 1. The van der Waals surface area contributed by atoms with Gasteiger partial charge in [0, 0.05) is 25.5 Å². The van der Waals surface area contributed by atoms with Crippen molar-refractivity contribution in [3.63, 3.8) is 0 Å². The van der Waals surface area contributed by atoms with E-state index in [2.05, 4.69) is 15.0 Å². The number of nitro groups is 1. The molecule has 10 nitrogen and oxygen atoms in total. The van der Waals surface area contributed by atoms with Crippen LogP contribution in [0.2, 0.25) is 0 Å². The summed E-state index contributed by atoms with van der Waals surface area (Å²) in [4.78, 5) is 36.5. The van der Waals surface area contributed by atoms with Crippen LogP contribution < -0.4 is 4.90 Å². The Labute approximate surface area is 137 Å². The first kappa shape index (κ1) is 15.8. The van der Waals surface area contributed by atoms with Gasteiger partial charge in [-0.1, -0.05) is 0 Å². The molecule has 3 rings (SSSR count). The average Bonchev–Trinajstić information content (AvgIpc) is 3.15. The molecule has 0 bridgehead atoms. The van der Waals surface area contributed by atoms with Crippen LogP contribution in [0.3, 0.4) is 0 Å². The zero-order valence-corrected chi connectivity index (χ0v) is 13.0. The molecule has 0 amide bonds. The number of carbonyl (C=O) groups is 1. The minimum atomic E-state index is -0.489. The lowest BCUT2D eigenvalue weighted by Gasteiger charge is -2.31. The van der Waals surface area contributed by atoms with Crippen molar-refractivity contribution >= 4 is 17.5 Å². The van der Waals surface area contributed by atoms with Gasteiger partial charge in [0.1, 0.15) is 12.7 Å². The van der Waals surface area contributed by atoms with E-state index in [1.54, 1.807) is 11.1 Å². The number of hydrogen-bond donors (Lipinski definition) is 0. The smallest absolute Gasteiger partial charge is 0.354 e. The Morgan fingerprint density at radius 3 is 2.62 bits per heavy atom. The average molecular weight is 332 g/mol. The number of hydrogen-bond acceptors (Lipinski definition) is 8. The van der Waals surface area contributed by atoms with E-state index in [1.165, 1.54) is 30.5 Å². The third kappa shape index (κ3) is 2.90. The van der Waals surface area contributed by atoms with E-state index >= 15 is 0 Å². The second-order valence-corrected chi connectivity index (χ2v) is 5.38. The number of imidazole rings is 1. The monoisotopic (exact) mass is 332 g/mol. The van der Waals surface area contributed by atoms with Crippen LogP contribution in [0, 0.1) is 16.0 Å². The predicted octanol–water partition coefficient (Wildman–Crippen LogP) is 0.960. The van der Waals surface area contributed by atoms with E-state index in [9.17, 15) is 14.9 Å². The molecular formula is C14H16N6O4. The topological polar surface area (TPSA) is 116 Å². The van der Waals surface area contributed by atoms with Gasteiger partial charge >= 0.3 is 11.7 Å². The van der Waals surface area contributed by atoms with Gasteiger partial charge < -0.3 is 9.64 Å². The molecule has 2 aromatic rings. The first-order chi connectivity index (χ1) is 11.6. The summed E-state index contributed by atoms with van der Waals surface area (Å²) >= 11 is 0. The summed E-state index contributed by atoms with van der Waals surface area (Å²) in [6.07, 6.45) is 6.98. The number of methoxy groups -OCH3 is 1. The number of nitrogens with zero attached hydrogens (tertiary/aromatic N) is 6. The maximum absolute atomic E-state index is 11.6. The normalized spacial score (nSPS) is 15.3. The highest BCUT2D eigenvalue weighted by Gasteiger charge is 2.32. The molecular weight excluding hydrogens is 316 g/mol. The Balaban J connectivity index is 1.91. The fourth-order valence-corrected chi connectivity index (χ4v) is 2.82. The molecule has 3 heterocycles. The van der Waals surface area contributed by atoms with Crippen LogP contribution in [-0.2, 0) is 9.53 Å². The second-order valence-electron chi connectivity index (χ2n) is 5.38. The zero-order valence-electron chi connectivity index (χ0n) is 13.0. The maximum atomic E-state index is 11.6. The molecule has 1 aliphatic heterocycles. The molecule has 0 aromatic carbocycles. The van der Waals surface area contributed by atoms with Gasteiger partial charge in [-0.3, -0.25) is 19.5 Å². The zero-order chi connectivity index (χ0) is 17.1. The summed E-state index contributed by atoms with van der Waals surface area (Å²) in [5, 5.41) is 11.6. The summed E-state index contributed by atoms with van der Waals surface area (Å²) in [5.74, 6) is -0.00851. The van der Waals surface area contributed by atoms with E-state index in [1.807, 2.05) is 0 Å². The van der Waals surface area contributed by atoms with Crippen LogP contribution >= 0.6 is 0 Å². The van der Waals surface area contributed by atoms with Crippen LogP contribution in [0.25, 0.3) is 5.82 Å². The predicted molar refractivity (Wildman–Crippen MR) is 82.8 cm³/mol. The summed E-state index contributed by atoms with van der Waals surface area (Å²) in [6, 6.07) is 0. The first-order valence-corrected chi connectivity index (χ1v) is 7.42. The number of rotatable bonds is 4. The molecule has 2 aromatic heterocycles. The van der Waals surface area contributed by atoms with Gasteiger partial charge in [-0.2, -0.15) is 0 Å². The van der Waals surface area contributed by atoms with E-state index in [4.69, 9.17) is 4.74 Å². The Hall–Kier alpha value is -3.04. The molecule has 0 atom stereocenters. The number of anilines is 1. The van der Waals surface area contributed by atoms with Gasteiger partial charge in [0.2, 0.25) is 11.6 Å². The molecule has 1 fully saturated rings. The Kier molecular flexibility index (Phi) is 4.36. The Morgan fingerprint density at radius 2 is 2.04 bits per heavy atom. The number of ether oxygens (including phenoxy) is 1. The molecule has 1 saturated heterocycles. The lowest BCUT2D eigenvalue weighted by Crippen LogP contribution is -2.37. The maximum Gasteiger partial charge on any atom is 0.354 e. The molecule has 24 heavy (non-hydrogen) atoms. The van der Waals surface area contributed by atoms with Crippen molar-refractivity contribution in [2.45, 2.75) is 12.8 Å². The van der Waals surface area contributed by atoms with E-state index in [0.717, 1.165) is 0 Å². The van der Waals surface area contributed by atoms with Crippen LogP contribution in [0.15, 0.2) is 25.0 Å². The largest absolute Gasteiger partial charge is 0.469 e. The van der Waals surface area contributed by atoms with Crippen molar-refractivity contribution in [1.29, 1.82) is 0 Å². The lowest BCUT2D eigenvalue weighted by atomic mass is 9.97. The number of carbonyl (C=O) groups excluding carboxylic acids is 1. The van der Waals surface area contributed by atoms with Gasteiger partial charge in [-0.25, -0.2) is 15.0 Å². The fraction of sp³-hybridized carbons (Fsp3) is 0.429. The van der Waals surface area contributed by atoms with Gasteiger partial charge in [0.15, 0.2) is 0 Å². The quantitative estimate of drug-likeness (QED) is 0.462. The van der Waals surface area contributed by atoms with E-state index in [-0.39, 0.29) is 29.2 Å². The van der Waals surface area contributed by atoms with E-state index < -0.39 is 4.92 Å². The van der Waals surface area contributed by atoms with Crippen LogP contribution in [0.4, 0.5) is 11.5 Å². The van der Waals surface area contributed by atoms with Gasteiger partial charge in [0.25, 0.3) is 0 Å². The molecule has 0 spiro atoms. The standard InChI is InChI=1S/C14H16N6O4/c1-24-14(21)10-2-5-18(6-3-10)12-11(20(22)23)13(17-8-16-12)19-7-4-15-9-19/h4,7-10H,2-3,5-6H2,1H3. The first-order valence-electron chi connectivity index (χ1n) is 7.42. The fourth-order valence-electron chi connectivity index (χ4n) is 2.82. The highest BCUT2D eigenvalue weighted by Crippen LogP contribution is 2.33. The molecule has 0 radical (unpaired) electrons. The van der Waals surface area contributed by atoms with Crippen molar-refractivity contribution in [2.24, 2.45) is 5.92 Å². The molecule has 0 unspecified atom stereocenters. The highest BCUT2D eigenvalue weighted by atomic mass is 16.6. The second kappa shape index (κ2) is 6.60. The van der Waals surface area contributed by atoms with Crippen molar-refractivity contribution < 1.29 is 14.5 Å². The number of aromatic nitrogens is 4. The van der Waals surface area contributed by atoms with Gasteiger partial charge in [-0.05, 0) is 12.8 Å². The van der Waals surface area contributed by atoms with Gasteiger partial charge in [0.05, 0.1) is 18.0 Å². The van der Waals surface area contributed by atoms with Crippen molar-refractivity contribution in [3.05, 3.63) is 35.2 Å². The molecule has 0 aliphatic carbocycles. The SMILES string of the molecule is COC(=O)C1CCN(c2ncnc(-n3ccnc3)c2[N+](=O)[O-])CC1. The third-order valence-electron chi connectivity index (χ3n) is 4.04. The molecule has 1 aliphatic rings. The van der Waals surface area contributed by atoms with Crippen LogP contribution in [-0.4, -0.2) is 50.6 Å². The van der Waals surface area contributed by atoms with Crippen molar-refractivity contribution in [3.8, 4) is 5.82 Å². The molecule has 0 N–H and O–H groups in total. The molecule has 10 heteroatoms. The summed E-state index contributed by atoms with van der Waals surface area (Å²) < 4.78 is 6.24. The molecule has 126 valence electrons. The van der Waals surface area contributed by atoms with Crippen LogP contribution in [0.5, 0.6) is 0 Å². The Bertz CT molecular complexity index is 740. The summed E-state index contributed by atoms with van der Waals surface area (Å²) in [7, 11) is 1.36. The summed E-state index contributed by atoms with van der Waals surface area (Å²) in [5.41, 5.74) is -0.174. The van der Waals surface area contributed by atoms with Crippen LogP contribution in [0.1, 0.15) is 12.8 Å². The summed E-state index contributed by atoms with van der Waals surface area (Å²) in [6.45, 7) is 0.974. The number of esters is 1. The van der Waals surface area contributed by atoms with E-state index in [0.29, 0.717) is 25.9 Å². The van der Waals surface area contributed by atoms with Gasteiger partial charge in [-0.15, -0.1) is 0 Å². The third-order valence-corrected chi connectivity index (χ3v) is 4.04. The highest BCUT2D eigenvalue weighted by molar-refractivity contribution is 5.73. The Morgan fingerprint density at radius 1 is 1.33 bits per heavy atom. The minimum absolute atomic E-state index is 0.164. The molecule has 0 saturated carbocycles. The minimum Gasteiger partial charge on any atom is -0.469 e. The van der Waals surface area contributed by atoms with Crippen molar-refractivity contribution in [2.75, 3.05) is 25.1 Å². The van der Waals surface area contributed by atoms with Crippen molar-refractivity contribution in [1.82, 2.24) is 19.5 Å².